The summed E-state index contributed by atoms with van der Waals surface area (Å²) in [7, 11) is 0. The van der Waals surface area contributed by atoms with Crippen LogP contribution in [0.3, 0.4) is 0 Å². The van der Waals surface area contributed by atoms with E-state index in [-0.39, 0.29) is 5.56 Å². The van der Waals surface area contributed by atoms with Crippen LogP contribution in [0.15, 0.2) is 59.4 Å². The van der Waals surface area contributed by atoms with Gasteiger partial charge < -0.3 is 4.57 Å². The number of unbranched alkanes of at least 4 members (excludes halogenated alkanes) is 1. The first-order chi connectivity index (χ1) is 11.8. The van der Waals surface area contributed by atoms with Gasteiger partial charge in [-0.25, -0.2) is 0 Å². The normalized spacial score (nSPS) is 14.2. The molecule has 2 nitrogen and oxygen atoms in total. The Bertz CT molecular complexity index is 920. The van der Waals surface area contributed by atoms with Crippen molar-refractivity contribution in [3.05, 3.63) is 70.6 Å². The minimum atomic E-state index is 0.181. The van der Waals surface area contributed by atoms with Crippen LogP contribution in [0.2, 0.25) is 0 Å². The number of hydrogen-bond acceptors (Lipinski definition) is 1. The van der Waals surface area contributed by atoms with E-state index < -0.39 is 0 Å². The third kappa shape index (κ3) is 2.56. The molecular weight excluding hydrogens is 294 g/mol. The van der Waals surface area contributed by atoms with Gasteiger partial charge >= 0.3 is 0 Å². The van der Waals surface area contributed by atoms with Gasteiger partial charge in [-0.2, -0.15) is 0 Å². The molecule has 2 heteroatoms. The van der Waals surface area contributed by atoms with Gasteiger partial charge in [0.25, 0.3) is 5.56 Å². The Hall–Kier alpha value is -2.35. The smallest absolute Gasteiger partial charge is 0.258 e. The highest BCUT2D eigenvalue weighted by atomic mass is 16.1. The monoisotopic (exact) mass is 317 g/mol. The highest BCUT2D eigenvalue weighted by Crippen LogP contribution is 2.46. The van der Waals surface area contributed by atoms with Crippen molar-refractivity contribution in [1.29, 1.82) is 0 Å². The van der Waals surface area contributed by atoms with Crippen LogP contribution in [0.1, 0.15) is 44.2 Å². The first-order valence-corrected chi connectivity index (χ1v) is 9.02. The number of pyridine rings is 1. The first kappa shape index (κ1) is 15.2. The van der Waals surface area contributed by atoms with E-state index in [1.165, 1.54) is 29.7 Å². The largest absolute Gasteiger partial charge is 0.311 e. The van der Waals surface area contributed by atoms with Gasteiger partial charge in [0.2, 0.25) is 0 Å². The molecule has 0 bridgehead atoms. The fourth-order valence-corrected chi connectivity index (χ4v) is 3.64. The fourth-order valence-electron chi connectivity index (χ4n) is 3.64. The Morgan fingerprint density at radius 1 is 0.958 bits per heavy atom. The average Bonchev–Trinajstić information content (AvgIpc) is 3.46. The van der Waals surface area contributed by atoms with Crippen molar-refractivity contribution in [2.45, 2.75) is 45.1 Å². The van der Waals surface area contributed by atoms with E-state index >= 15 is 0 Å². The molecule has 3 aromatic rings. The van der Waals surface area contributed by atoms with E-state index in [4.69, 9.17) is 0 Å². The highest BCUT2D eigenvalue weighted by molar-refractivity contribution is 5.97. The predicted octanol–water partition coefficient (Wildman–Crippen LogP) is 5.35. The Morgan fingerprint density at radius 2 is 1.62 bits per heavy atom. The van der Waals surface area contributed by atoms with E-state index in [0.29, 0.717) is 5.92 Å². The predicted molar refractivity (Wildman–Crippen MR) is 101 cm³/mol. The molecule has 0 aliphatic heterocycles. The zero-order valence-electron chi connectivity index (χ0n) is 14.2. The molecule has 1 aliphatic rings. The van der Waals surface area contributed by atoms with Crippen LogP contribution >= 0.6 is 0 Å². The molecule has 0 unspecified atom stereocenters. The van der Waals surface area contributed by atoms with Crippen molar-refractivity contribution in [2.75, 3.05) is 0 Å². The number of nitrogens with zero attached hydrogens (tertiary/aromatic N) is 1. The van der Waals surface area contributed by atoms with Crippen LogP contribution in [0.25, 0.3) is 21.9 Å². The van der Waals surface area contributed by atoms with Crippen molar-refractivity contribution in [3.63, 3.8) is 0 Å². The molecule has 1 aromatic heterocycles. The fraction of sp³-hybridized carbons (Fsp3) is 0.318. The summed E-state index contributed by atoms with van der Waals surface area (Å²) in [5.74, 6) is 0.536. The van der Waals surface area contributed by atoms with Gasteiger partial charge in [-0.3, -0.25) is 4.79 Å². The second kappa shape index (κ2) is 6.27. The summed E-state index contributed by atoms with van der Waals surface area (Å²) in [6.07, 6.45) is 4.55. The molecule has 4 rings (SSSR count). The van der Waals surface area contributed by atoms with Crippen molar-refractivity contribution in [3.8, 4) is 11.1 Å². The third-order valence-electron chi connectivity index (χ3n) is 4.98. The van der Waals surface area contributed by atoms with E-state index in [9.17, 15) is 4.79 Å². The van der Waals surface area contributed by atoms with Crippen LogP contribution in [0.5, 0.6) is 0 Å². The maximum atomic E-state index is 13.1. The molecule has 1 saturated carbocycles. The van der Waals surface area contributed by atoms with E-state index in [1.54, 1.807) is 0 Å². The van der Waals surface area contributed by atoms with E-state index in [0.717, 1.165) is 30.2 Å². The Morgan fingerprint density at radius 3 is 2.29 bits per heavy atom. The molecular formula is C22H23NO. The van der Waals surface area contributed by atoms with Crippen molar-refractivity contribution < 1.29 is 0 Å². The molecule has 0 N–H and O–H groups in total. The average molecular weight is 317 g/mol. The van der Waals surface area contributed by atoms with Gasteiger partial charge in [0, 0.05) is 29.1 Å². The molecule has 1 fully saturated rings. The van der Waals surface area contributed by atoms with Gasteiger partial charge in [-0.1, -0.05) is 61.9 Å². The number of hydrogen-bond donors (Lipinski definition) is 0. The molecule has 1 aliphatic carbocycles. The van der Waals surface area contributed by atoms with E-state index in [2.05, 4.69) is 47.9 Å². The van der Waals surface area contributed by atoms with Gasteiger partial charge in [0.1, 0.15) is 0 Å². The zero-order chi connectivity index (χ0) is 16.5. The molecule has 0 atom stereocenters. The molecule has 0 spiro atoms. The Balaban J connectivity index is 2.09. The zero-order valence-corrected chi connectivity index (χ0v) is 14.2. The Labute approximate surface area is 142 Å². The molecule has 2 aromatic carbocycles. The van der Waals surface area contributed by atoms with Gasteiger partial charge in [-0.05, 0) is 36.3 Å². The standard InChI is InChI=1S/C22H23NO/c1-2-3-15-23-21(17-13-14-17)20(16-9-5-4-6-10-16)18-11-7-8-12-19(18)22(23)24/h4-12,17H,2-3,13-15H2,1H3. The summed E-state index contributed by atoms with van der Waals surface area (Å²) in [5, 5.41) is 1.94. The lowest BCUT2D eigenvalue weighted by atomic mass is 9.94. The minimum absolute atomic E-state index is 0.181. The molecule has 1 heterocycles. The number of benzene rings is 2. The second-order valence-electron chi connectivity index (χ2n) is 6.76. The maximum Gasteiger partial charge on any atom is 0.258 e. The van der Waals surface area contributed by atoms with Gasteiger partial charge in [0.05, 0.1) is 0 Å². The third-order valence-corrected chi connectivity index (χ3v) is 4.98. The number of rotatable bonds is 5. The number of fused-ring (bicyclic) bond motifs is 1. The lowest BCUT2D eigenvalue weighted by Gasteiger charge is -2.20. The molecule has 24 heavy (non-hydrogen) atoms. The molecule has 122 valence electrons. The van der Waals surface area contributed by atoms with Crippen molar-refractivity contribution in [1.82, 2.24) is 4.57 Å². The molecule has 0 amide bonds. The lowest BCUT2D eigenvalue weighted by Crippen LogP contribution is -2.25. The topological polar surface area (TPSA) is 22.0 Å². The van der Waals surface area contributed by atoms with E-state index in [1.807, 2.05) is 18.2 Å². The Kier molecular flexibility index (Phi) is 3.97. The summed E-state index contributed by atoms with van der Waals surface area (Å²) in [5.41, 5.74) is 3.93. The van der Waals surface area contributed by atoms with Crippen LogP contribution in [0, 0.1) is 0 Å². The van der Waals surface area contributed by atoms with Crippen LogP contribution in [0.4, 0.5) is 0 Å². The maximum absolute atomic E-state index is 13.1. The summed E-state index contributed by atoms with van der Waals surface area (Å²) >= 11 is 0. The summed E-state index contributed by atoms with van der Waals surface area (Å²) < 4.78 is 2.08. The van der Waals surface area contributed by atoms with Crippen molar-refractivity contribution >= 4 is 10.8 Å². The minimum Gasteiger partial charge on any atom is -0.311 e. The number of aromatic nitrogens is 1. The quantitative estimate of drug-likeness (QED) is 0.622. The van der Waals surface area contributed by atoms with Crippen LogP contribution < -0.4 is 5.56 Å². The van der Waals surface area contributed by atoms with Gasteiger partial charge in [-0.15, -0.1) is 0 Å². The lowest BCUT2D eigenvalue weighted by molar-refractivity contribution is 0.592. The van der Waals surface area contributed by atoms with Gasteiger partial charge in [0.15, 0.2) is 0 Å². The van der Waals surface area contributed by atoms with Crippen molar-refractivity contribution in [2.24, 2.45) is 0 Å². The highest BCUT2D eigenvalue weighted by Gasteiger charge is 2.31. The second-order valence-corrected chi connectivity index (χ2v) is 6.76. The molecule has 0 saturated heterocycles. The van der Waals surface area contributed by atoms with Crippen LogP contribution in [-0.4, -0.2) is 4.57 Å². The summed E-state index contributed by atoms with van der Waals surface area (Å²) in [4.78, 5) is 13.1. The van der Waals surface area contributed by atoms with Crippen LogP contribution in [-0.2, 0) is 6.54 Å². The first-order valence-electron chi connectivity index (χ1n) is 9.02. The SMILES string of the molecule is CCCCn1c(C2CC2)c(-c2ccccc2)c2ccccc2c1=O. The molecule has 0 radical (unpaired) electrons. The summed E-state index contributed by atoms with van der Waals surface area (Å²) in [6.45, 7) is 3.01. The summed E-state index contributed by atoms with van der Waals surface area (Å²) in [6, 6.07) is 18.7.